The average Bonchev–Trinajstić information content (AvgIpc) is 2.83. The number of nitrogens with one attached hydrogen (secondary N) is 1. The molecular formula is C25H27N5O3. The maximum atomic E-state index is 12.6. The van der Waals surface area contributed by atoms with Crippen molar-refractivity contribution in [3.05, 3.63) is 81.5 Å². The Morgan fingerprint density at radius 3 is 2.36 bits per heavy atom. The summed E-state index contributed by atoms with van der Waals surface area (Å²) >= 11 is 0. The van der Waals surface area contributed by atoms with Crippen LogP contribution in [0.4, 0.5) is 11.5 Å². The standard InChI is InChI=1S/C25H27N5O3/c1-17-3-5-19(6-4-17)16-26-25(31)21-11-13-29(14-12-21)23-15-18(2)27-24(28-23)20-7-9-22(10-8-20)30(32)33/h3-10,15,21H,11-14,16H2,1-2H3,(H,26,31). The van der Waals surface area contributed by atoms with E-state index in [-0.39, 0.29) is 17.5 Å². The van der Waals surface area contributed by atoms with Gasteiger partial charge >= 0.3 is 0 Å². The third-order valence-electron chi connectivity index (χ3n) is 5.95. The Morgan fingerprint density at radius 2 is 1.73 bits per heavy atom. The number of piperidine rings is 1. The smallest absolute Gasteiger partial charge is 0.269 e. The molecule has 3 aromatic rings. The topological polar surface area (TPSA) is 101 Å². The number of anilines is 1. The van der Waals surface area contributed by atoms with Gasteiger partial charge in [-0.1, -0.05) is 29.8 Å². The second-order valence-electron chi connectivity index (χ2n) is 8.46. The Balaban J connectivity index is 1.37. The molecule has 1 fully saturated rings. The van der Waals surface area contributed by atoms with E-state index in [1.807, 2.05) is 32.0 Å². The van der Waals surface area contributed by atoms with E-state index in [0.717, 1.165) is 48.6 Å². The van der Waals surface area contributed by atoms with Gasteiger partial charge in [0, 0.05) is 55.0 Å². The van der Waals surface area contributed by atoms with Gasteiger partial charge < -0.3 is 10.2 Å². The Labute approximate surface area is 192 Å². The first-order valence-corrected chi connectivity index (χ1v) is 11.1. The van der Waals surface area contributed by atoms with Crippen molar-refractivity contribution in [2.75, 3.05) is 18.0 Å². The molecule has 1 saturated heterocycles. The van der Waals surface area contributed by atoms with Crippen LogP contribution < -0.4 is 10.2 Å². The van der Waals surface area contributed by atoms with Crippen LogP contribution in [-0.4, -0.2) is 33.9 Å². The van der Waals surface area contributed by atoms with Crippen molar-refractivity contribution in [2.24, 2.45) is 5.92 Å². The van der Waals surface area contributed by atoms with E-state index in [1.54, 1.807) is 12.1 Å². The number of nitro benzene ring substituents is 1. The SMILES string of the molecule is Cc1ccc(CNC(=O)C2CCN(c3cc(C)nc(-c4ccc([N+](=O)[O-])cc4)n3)CC2)cc1. The zero-order chi connectivity index (χ0) is 23.4. The molecule has 1 amide bonds. The minimum absolute atomic E-state index is 0.0104. The first-order valence-electron chi connectivity index (χ1n) is 11.1. The molecule has 2 heterocycles. The second-order valence-corrected chi connectivity index (χ2v) is 8.46. The van der Waals surface area contributed by atoms with Crippen LogP contribution in [-0.2, 0) is 11.3 Å². The molecule has 1 aliphatic rings. The van der Waals surface area contributed by atoms with Crippen molar-refractivity contribution in [1.29, 1.82) is 0 Å². The summed E-state index contributed by atoms with van der Waals surface area (Å²) in [6.07, 6.45) is 1.52. The van der Waals surface area contributed by atoms with Crippen molar-refractivity contribution >= 4 is 17.4 Å². The summed E-state index contributed by atoms with van der Waals surface area (Å²) in [5.74, 6) is 1.44. The van der Waals surface area contributed by atoms with Crippen LogP contribution in [0.25, 0.3) is 11.4 Å². The van der Waals surface area contributed by atoms with Crippen LogP contribution in [0.3, 0.4) is 0 Å². The molecule has 0 unspecified atom stereocenters. The van der Waals surface area contributed by atoms with Gasteiger partial charge in [-0.3, -0.25) is 14.9 Å². The van der Waals surface area contributed by atoms with Gasteiger partial charge in [0.1, 0.15) is 5.82 Å². The van der Waals surface area contributed by atoms with Crippen molar-refractivity contribution in [1.82, 2.24) is 15.3 Å². The molecule has 0 atom stereocenters. The number of carbonyl (C=O) groups excluding carboxylic acids is 1. The maximum absolute atomic E-state index is 12.6. The lowest BCUT2D eigenvalue weighted by molar-refractivity contribution is -0.384. The molecule has 1 N–H and O–H groups in total. The number of carbonyl (C=O) groups is 1. The number of benzene rings is 2. The fourth-order valence-electron chi connectivity index (χ4n) is 3.99. The number of aromatic nitrogens is 2. The van der Waals surface area contributed by atoms with E-state index >= 15 is 0 Å². The highest BCUT2D eigenvalue weighted by atomic mass is 16.6. The van der Waals surface area contributed by atoms with Gasteiger partial charge in [-0.25, -0.2) is 9.97 Å². The van der Waals surface area contributed by atoms with E-state index in [4.69, 9.17) is 4.98 Å². The van der Waals surface area contributed by atoms with Crippen LogP contribution in [0.2, 0.25) is 0 Å². The predicted molar refractivity (Wildman–Crippen MR) is 127 cm³/mol. The molecule has 1 aromatic heterocycles. The lowest BCUT2D eigenvalue weighted by Gasteiger charge is -2.32. The first-order chi connectivity index (χ1) is 15.9. The summed E-state index contributed by atoms with van der Waals surface area (Å²) in [5, 5.41) is 14.0. The van der Waals surface area contributed by atoms with Crippen molar-refractivity contribution in [2.45, 2.75) is 33.2 Å². The molecule has 2 aromatic carbocycles. The van der Waals surface area contributed by atoms with Crippen molar-refractivity contribution in [3.63, 3.8) is 0 Å². The maximum Gasteiger partial charge on any atom is 0.269 e. The fourth-order valence-corrected chi connectivity index (χ4v) is 3.99. The zero-order valence-electron chi connectivity index (χ0n) is 18.8. The molecule has 0 spiro atoms. The highest BCUT2D eigenvalue weighted by Gasteiger charge is 2.26. The lowest BCUT2D eigenvalue weighted by atomic mass is 9.95. The minimum Gasteiger partial charge on any atom is -0.356 e. The predicted octanol–water partition coefficient (Wildman–Crippen LogP) is 4.20. The van der Waals surface area contributed by atoms with Gasteiger partial charge in [0.25, 0.3) is 5.69 Å². The normalized spacial score (nSPS) is 14.2. The molecule has 170 valence electrons. The van der Waals surface area contributed by atoms with Crippen molar-refractivity contribution < 1.29 is 9.72 Å². The van der Waals surface area contributed by atoms with Gasteiger partial charge in [0.05, 0.1) is 4.92 Å². The van der Waals surface area contributed by atoms with Crippen LogP contribution in [0.1, 0.15) is 29.7 Å². The van der Waals surface area contributed by atoms with E-state index in [0.29, 0.717) is 12.4 Å². The van der Waals surface area contributed by atoms with Gasteiger partial charge in [-0.15, -0.1) is 0 Å². The average molecular weight is 446 g/mol. The van der Waals surface area contributed by atoms with E-state index < -0.39 is 4.92 Å². The minimum atomic E-state index is -0.423. The molecule has 0 saturated carbocycles. The Hall–Kier alpha value is -3.81. The number of hydrogen-bond donors (Lipinski definition) is 1. The highest BCUT2D eigenvalue weighted by Crippen LogP contribution is 2.26. The number of rotatable bonds is 6. The molecule has 0 bridgehead atoms. The summed E-state index contributed by atoms with van der Waals surface area (Å²) in [4.78, 5) is 34.5. The largest absolute Gasteiger partial charge is 0.356 e. The Kier molecular flexibility index (Phi) is 6.63. The van der Waals surface area contributed by atoms with Gasteiger partial charge in [0.15, 0.2) is 5.82 Å². The van der Waals surface area contributed by atoms with Gasteiger partial charge in [-0.2, -0.15) is 0 Å². The fraction of sp³-hybridized carbons (Fsp3) is 0.320. The summed E-state index contributed by atoms with van der Waals surface area (Å²) in [6.45, 7) is 5.97. The van der Waals surface area contributed by atoms with Crippen LogP contribution in [0.5, 0.6) is 0 Å². The Bertz CT molecular complexity index is 1140. The van der Waals surface area contributed by atoms with E-state index in [1.165, 1.54) is 17.7 Å². The molecule has 0 radical (unpaired) electrons. The van der Waals surface area contributed by atoms with Crippen molar-refractivity contribution in [3.8, 4) is 11.4 Å². The highest BCUT2D eigenvalue weighted by molar-refractivity contribution is 5.79. The van der Waals surface area contributed by atoms with Crippen LogP contribution >= 0.6 is 0 Å². The molecule has 4 rings (SSSR count). The number of non-ortho nitro benzene ring substituents is 1. The second kappa shape index (κ2) is 9.77. The van der Waals surface area contributed by atoms with E-state index in [2.05, 4.69) is 27.3 Å². The summed E-state index contributed by atoms with van der Waals surface area (Å²) in [6, 6.07) is 16.4. The number of nitro groups is 1. The first kappa shape index (κ1) is 22.4. The van der Waals surface area contributed by atoms with Crippen LogP contribution in [0.15, 0.2) is 54.6 Å². The summed E-state index contributed by atoms with van der Waals surface area (Å²) in [7, 11) is 0. The molecule has 8 nitrogen and oxygen atoms in total. The molecule has 0 aliphatic carbocycles. The molecule has 1 aliphatic heterocycles. The Morgan fingerprint density at radius 1 is 1.06 bits per heavy atom. The number of hydrogen-bond acceptors (Lipinski definition) is 6. The van der Waals surface area contributed by atoms with Gasteiger partial charge in [-0.05, 0) is 44.4 Å². The van der Waals surface area contributed by atoms with Gasteiger partial charge in [0.2, 0.25) is 5.91 Å². The quantitative estimate of drug-likeness (QED) is 0.451. The summed E-state index contributed by atoms with van der Waals surface area (Å²) in [5.41, 5.74) is 3.90. The third kappa shape index (κ3) is 5.52. The lowest BCUT2D eigenvalue weighted by Crippen LogP contribution is -2.40. The molecule has 33 heavy (non-hydrogen) atoms. The number of amides is 1. The molecular weight excluding hydrogens is 418 g/mol. The van der Waals surface area contributed by atoms with E-state index in [9.17, 15) is 14.9 Å². The zero-order valence-corrected chi connectivity index (χ0v) is 18.8. The molecule has 8 heteroatoms. The monoisotopic (exact) mass is 445 g/mol. The number of aryl methyl sites for hydroxylation is 2. The van der Waals surface area contributed by atoms with Crippen LogP contribution in [0, 0.1) is 29.9 Å². The summed E-state index contributed by atoms with van der Waals surface area (Å²) < 4.78 is 0. The third-order valence-corrected chi connectivity index (χ3v) is 5.95. The number of nitrogens with zero attached hydrogens (tertiary/aromatic N) is 4.